The molecule has 0 saturated carbocycles. The van der Waals surface area contributed by atoms with Crippen molar-refractivity contribution in [2.24, 2.45) is 5.41 Å². The molecule has 1 aliphatic carbocycles. The van der Waals surface area contributed by atoms with E-state index in [1.54, 1.807) is 0 Å². The van der Waals surface area contributed by atoms with Gasteiger partial charge in [0.2, 0.25) is 0 Å². The van der Waals surface area contributed by atoms with Gasteiger partial charge in [0.15, 0.2) is 5.78 Å². The Balaban J connectivity index is 2.69. The van der Waals surface area contributed by atoms with Gasteiger partial charge in [-0.1, -0.05) is 66.7 Å². The quantitative estimate of drug-likeness (QED) is 0.543. The smallest absolute Gasteiger partial charge is 0.178 e. The van der Waals surface area contributed by atoms with Gasteiger partial charge in [-0.05, 0) is 40.0 Å². The van der Waals surface area contributed by atoms with E-state index in [0.29, 0.717) is 11.5 Å². The van der Waals surface area contributed by atoms with Crippen LogP contribution in [0.25, 0.3) is 5.57 Å². The Kier molecular flexibility index (Phi) is 4.28. The lowest BCUT2D eigenvalue weighted by atomic mass is 9.82. The Bertz CT molecular complexity index is 721. The lowest BCUT2D eigenvalue weighted by Crippen LogP contribution is -2.22. The minimum Gasteiger partial charge on any atom is -0.293 e. The molecule has 0 aliphatic heterocycles. The molecule has 2 heteroatoms. The Morgan fingerprint density at radius 3 is 2.35 bits per heavy atom. The second-order valence-electron chi connectivity index (χ2n) is 8.56. The normalized spacial score (nSPS) is 18.6. The van der Waals surface area contributed by atoms with Gasteiger partial charge < -0.3 is 0 Å². The van der Waals surface area contributed by atoms with Crippen LogP contribution < -0.4 is 0 Å². The molecule has 0 atom stereocenters. The first kappa shape index (κ1) is 17.5. The average Bonchev–Trinajstić information content (AvgIpc) is 2.70. The molecule has 2 nitrogen and oxygen atoms in total. The number of nitrogens with zero attached hydrogens (tertiary/aromatic N) is 1. The number of Topliss-reactive ketones (excluding diaryl/α,β-unsaturated/α-hetero) is 1. The summed E-state index contributed by atoms with van der Waals surface area (Å²) in [7, 11) is 0. The first-order valence-corrected chi connectivity index (χ1v) is 8.32. The van der Waals surface area contributed by atoms with Crippen LogP contribution in [-0.2, 0) is 10.2 Å². The molecule has 0 aromatic heterocycles. The molecular weight excluding hydrogens is 282 g/mol. The third-order valence-corrected chi connectivity index (χ3v) is 4.71. The number of allylic oxidation sites excluding steroid dienone is 2. The van der Waals surface area contributed by atoms with Crippen molar-refractivity contribution < 1.29 is 4.79 Å². The number of fused-ring (bicyclic) bond motifs is 1. The maximum absolute atomic E-state index is 12.7. The van der Waals surface area contributed by atoms with Gasteiger partial charge in [-0.2, -0.15) is 5.26 Å². The van der Waals surface area contributed by atoms with Crippen LogP contribution in [0, 0.1) is 16.7 Å². The summed E-state index contributed by atoms with van der Waals surface area (Å²) in [4.78, 5) is 12.7. The standard InChI is InChI=1S/C21H27NO/c1-13(2)14-8-9-15-16(11-21(6,7)18(15)10-14)17(12-22)19(23)20(3,4)5/h8-10,13H,11H2,1-7H3/b17-16+. The van der Waals surface area contributed by atoms with E-state index in [9.17, 15) is 10.1 Å². The number of benzene rings is 1. The molecule has 0 spiro atoms. The first-order chi connectivity index (χ1) is 10.5. The molecule has 0 radical (unpaired) electrons. The molecule has 122 valence electrons. The highest BCUT2D eigenvalue weighted by atomic mass is 16.1. The van der Waals surface area contributed by atoms with Gasteiger partial charge in [0, 0.05) is 5.41 Å². The molecule has 1 aromatic rings. The number of carbonyl (C=O) groups excluding carboxylic acids is 1. The summed E-state index contributed by atoms with van der Waals surface area (Å²) in [6.07, 6.45) is 0.745. The van der Waals surface area contributed by atoms with Crippen LogP contribution in [0.2, 0.25) is 0 Å². The van der Waals surface area contributed by atoms with Crippen molar-refractivity contribution in [3.63, 3.8) is 0 Å². The largest absolute Gasteiger partial charge is 0.293 e. The summed E-state index contributed by atoms with van der Waals surface area (Å²) in [5.41, 5.74) is 4.31. The molecule has 0 heterocycles. The van der Waals surface area contributed by atoms with Gasteiger partial charge in [0.1, 0.15) is 6.07 Å². The zero-order chi connectivity index (χ0) is 17.6. The summed E-state index contributed by atoms with van der Waals surface area (Å²) in [6, 6.07) is 8.68. The van der Waals surface area contributed by atoms with Crippen LogP contribution in [0.15, 0.2) is 23.8 Å². The summed E-state index contributed by atoms with van der Waals surface area (Å²) >= 11 is 0. The molecule has 0 fully saturated rings. The van der Waals surface area contributed by atoms with E-state index < -0.39 is 5.41 Å². The third kappa shape index (κ3) is 3.11. The number of hydrogen-bond donors (Lipinski definition) is 0. The van der Waals surface area contributed by atoms with Crippen molar-refractivity contribution in [1.29, 1.82) is 5.26 Å². The maximum atomic E-state index is 12.7. The number of nitriles is 1. The molecule has 0 N–H and O–H groups in total. The van der Waals surface area contributed by atoms with Gasteiger partial charge in [-0.15, -0.1) is 0 Å². The fourth-order valence-corrected chi connectivity index (χ4v) is 3.23. The fourth-order valence-electron chi connectivity index (χ4n) is 3.23. The predicted molar refractivity (Wildman–Crippen MR) is 95.2 cm³/mol. The molecule has 0 bridgehead atoms. The van der Waals surface area contributed by atoms with E-state index in [-0.39, 0.29) is 11.2 Å². The van der Waals surface area contributed by atoms with Gasteiger partial charge in [0.25, 0.3) is 0 Å². The molecular formula is C21H27NO. The van der Waals surface area contributed by atoms with Crippen LogP contribution >= 0.6 is 0 Å². The van der Waals surface area contributed by atoms with Crippen molar-refractivity contribution in [2.75, 3.05) is 0 Å². The SMILES string of the molecule is CC(C)c1ccc2c(c1)C(C)(C)C/C2=C(/C#N)C(=O)C(C)(C)C. The van der Waals surface area contributed by atoms with Crippen LogP contribution in [0.4, 0.5) is 0 Å². The van der Waals surface area contributed by atoms with Gasteiger partial charge in [0.05, 0.1) is 5.57 Å². The second-order valence-corrected chi connectivity index (χ2v) is 8.56. The first-order valence-electron chi connectivity index (χ1n) is 8.32. The van der Waals surface area contributed by atoms with Crippen molar-refractivity contribution in [2.45, 2.75) is 66.2 Å². The van der Waals surface area contributed by atoms with Crippen LogP contribution in [0.3, 0.4) is 0 Å². The van der Waals surface area contributed by atoms with E-state index in [0.717, 1.165) is 17.6 Å². The van der Waals surface area contributed by atoms with Crippen LogP contribution in [-0.4, -0.2) is 5.78 Å². The average molecular weight is 309 g/mol. The van der Waals surface area contributed by atoms with E-state index in [1.807, 2.05) is 20.8 Å². The molecule has 2 rings (SSSR count). The molecule has 1 aromatic carbocycles. The summed E-state index contributed by atoms with van der Waals surface area (Å²) in [5, 5.41) is 9.63. The summed E-state index contributed by atoms with van der Waals surface area (Å²) < 4.78 is 0. The van der Waals surface area contributed by atoms with E-state index in [1.165, 1.54) is 11.1 Å². The Morgan fingerprint density at radius 2 is 1.87 bits per heavy atom. The Morgan fingerprint density at radius 1 is 1.26 bits per heavy atom. The van der Waals surface area contributed by atoms with Crippen LogP contribution in [0.5, 0.6) is 0 Å². The highest BCUT2D eigenvalue weighted by molar-refractivity contribution is 6.09. The predicted octanol–water partition coefficient (Wildman–Crippen LogP) is 5.38. The zero-order valence-corrected chi connectivity index (χ0v) is 15.4. The van der Waals surface area contributed by atoms with Crippen molar-refractivity contribution in [1.82, 2.24) is 0 Å². The van der Waals surface area contributed by atoms with E-state index in [4.69, 9.17) is 0 Å². The molecule has 0 amide bonds. The maximum Gasteiger partial charge on any atom is 0.178 e. The van der Waals surface area contributed by atoms with Crippen LogP contribution in [0.1, 0.15) is 77.5 Å². The second kappa shape index (κ2) is 5.64. The summed E-state index contributed by atoms with van der Waals surface area (Å²) in [5.74, 6) is 0.405. The number of carbonyl (C=O) groups is 1. The third-order valence-electron chi connectivity index (χ3n) is 4.71. The lowest BCUT2D eigenvalue weighted by Gasteiger charge is -2.20. The van der Waals surface area contributed by atoms with Crippen molar-refractivity contribution >= 4 is 11.4 Å². The van der Waals surface area contributed by atoms with E-state index in [2.05, 4.69) is 52.0 Å². The molecule has 0 saturated heterocycles. The van der Waals surface area contributed by atoms with E-state index >= 15 is 0 Å². The summed E-state index contributed by atoms with van der Waals surface area (Å²) in [6.45, 7) is 14.4. The highest BCUT2D eigenvalue weighted by Gasteiger charge is 2.38. The topological polar surface area (TPSA) is 40.9 Å². The molecule has 1 aliphatic rings. The minimum atomic E-state index is -0.539. The van der Waals surface area contributed by atoms with Crippen molar-refractivity contribution in [3.05, 3.63) is 40.5 Å². The Hall–Kier alpha value is -1.88. The highest BCUT2D eigenvalue weighted by Crippen LogP contribution is 2.48. The monoisotopic (exact) mass is 309 g/mol. The Labute approximate surface area is 140 Å². The molecule has 23 heavy (non-hydrogen) atoms. The minimum absolute atomic E-state index is 0.0458. The van der Waals surface area contributed by atoms with Gasteiger partial charge in [-0.25, -0.2) is 0 Å². The zero-order valence-electron chi connectivity index (χ0n) is 15.4. The van der Waals surface area contributed by atoms with Crippen molar-refractivity contribution in [3.8, 4) is 6.07 Å². The van der Waals surface area contributed by atoms with Gasteiger partial charge in [-0.3, -0.25) is 4.79 Å². The number of hydrogen-bond acceptors (Lipinski definition) is 2. The number of rotatable bonds is 2. The molecule has 0 unspecified atom stereocenters. The van der Waals surface area contributed by atoms with Gasteiger partial charge >= 0.3 is 0 Å². The lowest BCUT2D eigenvalue weighted by molar-refractivity contribution is -0.122. The fraction of sp³-hybridized carbons (Fsp3) is 0.524. The number of ketones is 1.